The molecule has 0 saturated carbocycles. The third-order valence-corrected chi connectivity index (χ3v) is 4.95. The molecular weight excluding hydrogens is 363 g/mol. The number of benzene rings is 2. The summed E-state index contributed by atoms with van der Waals surface area (Å²) in [6, 6.07) is 9.50. The van der Waals surface area contributed by atoms with Crippen LogP contribution in [-0.2, 0) is 15.6 Å². The van der Waals surface area contributed by atoms with Gasteiger partial charge in [0.05, 0.1) is 16.2 Å². The highest BCUT2D eigenvalue weighted by molar-refractivity contribution is 9.10. The van der Waals surface area contributed by atoms with Crippen LogP contribution in [0.25, 0.3) is 0 Å². The second-order valence-corrected chi connectivity index (χ2v) is 7.24. The summed E-state index contributed by atoms with van der Waals surface area (Å²) in [5.74, 6) is -2.77. The number of halogens is 2. The molecule has 0 aromatic heterocycles. The Morgan fingerprint density at radius 3 is 2.52 bits per heavy atom. The Morgan fingerprint density at radius 1 is 1.19 bits per heavy atom. The summed E-state index contributed by atoms with van der Waals surface area (Å²) in [6.45, 7) is 0. The number of carbonyl (C=O) groups is 1. The van der Waals surface area contributed by atoms with Crippen LogP contribution in [0.15, 0.2) is 51.8 Å². The van der Waals surface area contributed by atoms with E-state index in [2.05, 4.69) is 15.9 Å². The first kappa shape index (κ1) is 15.7. The van der Waals surface area contributed by atoms with Crippen molar-refractivity contribution in [3.05, 3.63) is 63.9 Å². The van der Waals surface area contributed by atoms with E-state index < -0.39 is 27.2 Å². The normalized spacial score (nSPS) is 11.3. The predicted molar refractivity (Wildman–Crippen MR) is 78.4 cm³/mol. The maximum absolute atomic E-state index is 13.3. The SMILES string of the molecule is O=C(O)c1cc(S(=O)(=O)Cc2cccc(Br)c2)ccc1F. The molecule has 0 radical (unpaired) electrons. The van der Waals surface area contributed by atoms with E-state index in [4.69, 9.17) is 5.11 Å². The van der Waals surface area contributed by atoms with Crippen LogP contribution in [0, 0.1) is 5.82 Å². The molecule has 4 nitrogen and oxygen atoms in total. The minimum Gasteiger partial charge on any atom is -0.478 e. The summed E-state index contributed by atoms with van der Waals surface area (Å²) in [4.78, 5) is 10.6. The highest BCUT2D eigenvalue weighted by Gasteiger charge is 2.19. The molecule has 2 rings (SSSR count). The van der Waals surface area contributed by atoms with Crippen LogP contribution in [0.1, 0.15) is 15.9 Å². The van der Waals surface area contributed by atoms with Gasteiger partial charge in [-0.05, 0) is 35.9 Å². The monoisotopic (exact) mass is 372 g/mol. The lowest BCUT2D eigenvalue weighted by atomic mass is 10.2. The van der Waals surface area contributed by atoms with Gasteiger partial charge in [-0.2, -0.15) is 0 Å². The molecule has 0 heterocycles. The maximum atomic E-state index is 13.3. The van der Waals surface area contributed by atoms with Gasteiger partial charge in [-0.25, -0.2) is 17.6 Å². The summed E-state index contributed by atoms with van der Waals surface area (Å²) in [6.07, 6.45) is 0. The average molecular weight is 373 g/mol. The smallest absolute Gasteiger partial charge is 0.338 e. The van der Waals surface area contributed by atoms with Gasteiger partial charge in [0.1, 0.15) is 5.82 Å². The summed E-state index contributed by atoms with van der Waals surface area (Å²) < 4.78 is 38.6. The molecule has 0 fully saturated rings. The van der Waals surface area contributed by atoms with Gasteiger partial charge in [-0.15, -0.1) is 0 Å². The minimum atomic E-state index is -3.75. The van der Waals surface area contributed by atoms with E-state index >= 15 is 0 Å². The Balaban J connectivity index is 2.40. The van der Waals surface area contributed by atoms with Crippen molar-refractivity contribution in [2.75, 3.05) is 0 Å². The lowest BCUT2D eigenvalue weighted by Gasteiger charge is -2.07. The van der Waals surface area contributed by atoms with Crippen molar-refractivity contribution < 1.29 is 22.7 Å². The summed E-state index contributed by atoms with van der Waals surface area (Å²) in [5, 5.41) is 8.84. The fourth-order valence-corrected chi connectivity index (χ4v) is 3.60. The predicted octanol–water partition coefficient (Wildman–Crippen LogP) is 3.26. The number of hydrogen-bond acceptors (Lipinski definition) is 3. The van der Waals surface area contributed by atoms with Crippen molar-refractivity contribution in [3.8, 4) is 0 Å². The first-order chi connectivity index (χ1) is 9.79. The molecular formula is C14H10BrFO4S. The molecule has 0 unspecified atom stereocenters. The van der Waals surface area contributed by atoms with Crippen molar-refractivity contribution in [1.82, 2.24) is 0 Å². The molecule has 0 amide bonds. The zero-order valence-electron chi connectivity index (χ0n) is 10.6. The van der Waals surface area contributed by atoms with Gasteiger partial charge in [0.2, 0.25) is 0 Å². The van der Waals surface area contributed by atoms with Crippen molar-refractivity contribution in [3.63, 3.8) is 0 Å². The standard InChI is InChI=1S/C14H10BrFO4S/c15-10-3-1-2-9(6-10)8-21(19,20)11-4-5-13(16)12(7-11)14(17)18/h1-7H,8H2,(H,17,18). The number of sulfone groups is 1. The Kier molecular flexibility index (Phi) is 4.43. The van der Waals surface area contributed by atoms with E-state index in [-0.39, 0.29) is 10.6 Å². The van der Waals surface area contributed by atoms with Gasteiger partial charge >= 0.3 is 5.97 Å². The molecule has 0 aliphatic rings. The fraction of sp³-hybridized carbons (Fsp3) is 0.0714. The van der Waals surface area contributed by atoms with Crippen LogP contribution in [0.2, 0.25) is 0 Å². The Hall–Kier alpha value is -1.73. The molecule has 1 N–H and O–H groups in total. The average Bonchev–Trinajstić information content (AvgIpc) is 2.38. The fourth-order valence-electron chi connectivity index (χ4n) is 1.79. The van der Waals surface area contributed by atoms with E-state index in [9.17, 15) is 17.6 Å². The second-order valence-electron chi connectivity index (χ2n) is 4.34. The van der Waals surface area contributed by atoms with Crippen LogP contribution in [-0.4, -0.2) is 19.5 Å². The molecule has 0 bridgehead atoms. The summed E-state index contributed by atoms with van der Waals surface area (Å²) in [7, 11) is -3.75. The minimum absolute atomic E-state index is 0.221. The lowest BCUT2D eigenvalue weighted by molar-refractivity contribution is 0.0691. The molecule has 2 aromatic rings. The summed E-state index contributed by atoms with van der Waals surface area (Å²) >= 11 is 3.24. The highest BCUT2D eigenvalue weighted by Crippen LogP contribution is 2.21. The first-order valence-electron chi connectivity index (χ1n) is 5.79. The Labute approximate surface area is 129 Å². The number of rotatable bonds is 4. The van der Waals surface area contributed by atoms with E-state index in [1.54, 1.807) is 24.3 Å². The van der Waals surface area contributed by atoms with Crippen molar-refractivity contribution in [2.24, 2.45) is 0 Å². The number of hydrogen-bond donors (Lipinski definition) is 1. The zero-order valence-corrected chi connectivity index (χ0v) is 13.0. The van der Waals surface area contributed by atoms with Crippen LogP contribution in [0.5, 0.6) is 0 Å². The first-order valence-corrected chi connectivity index (χ1v) is 8.24. The van der Waals surface area contributed by atoms with Gasteiger partial charge in [0, 0.05) is 4.47 Å². The molecule has 0 aliphatic carbocycles. The van der Waals surface area contributed by atoms with Gasteiger partial charge in [0.15, 0.2) is 9.84 Å². The maximum Gasteiger partial charge on any atom is 0.338 e. The summed E-state index contributed by atoms with van der Waals surface area (Å²) in [5.41, 5.74) is -0.115. The largest absolute Gasteiger partial charge is 0.478 e. The quantitative estimate of drug-likeness (QED) is 0.836. The molecule has 21 heavy (non-hydrogen) atoms. The van der Waals surface area contributed by atoms with Crippen LogP contribution >= 0.6 is 15.9 Å². The van der Waals surface area contributed by atoms with Crippen LogP contribution in [0.4, 0.5) is 4.39 Å². The Morgan fingerprint density at radius 2 is 1.90 bits per heavy atom. The number of carboxylic acids is 1. The van der Waals surface area contributed by atoms with Gasteiger partial charge in [-0.1, -0.05) is 28.1 Å². The van der Waals surface area contributed by atoms with Crippen LogP contribution in [0.3, 0.4) is 0 Å². The van der Waals surface area contributed by atoms with E-state index in [1.165, 1.54) is 0 Å². The second kappa shape index (κ2) is 5.95. The number of carboxylic acid groups (broad SMARTS) is 1. The molecule has 7 heteroatoms. The molecule has 2 aromatic carbocycles. The van der Waals surface area contributed by atoms with Gasteiger partial charge in [-0.3, -0.25) is 0 Å². The van der Waals surface area contributed by atoms with Crippen molar-refractivity contribution >= 4 is 31.7 Å². The van der Waals surface area contributed by atoms with E-state index in [0.717, 1.165) is 22.7 Å². The molecule has 0 spiro atoms. The third-order valence-electron chi connectivity index (χ3n) is 2.77. The topological polar surface area (TPSA) is 71.4 Å². The molecule has 0 aliphatic heterocycles. The van der Waals surface area contributed by atoms with E-state index in [1.807, 2.05) is 0 Å². The zero-order chi connectivity index (χ0) is 15.6. The lowest BCUT2D eigenvalue weighted by Crippen LogP contribution is -2.08. The van der Waals surface area contributed by atoms with E-state index in [0.29, 0.717) is 5.56 Å². The van der Waals surface area contributed by atoms with Crippen molar-refractivity contribution in [1.29, 1.82) is 0 Å². The Bertz CT molecular complexity index is 802. The molecule has 110 valence electrons. The highest BCUT2D eigenvalue weighted by atomic mass is 79.9. The van der Waals surface area contributed by atoms with Gasteiger partial charge in [0.25, 0.3) is 0 Å². The molecule has 0 saturated heterocycles. The number of aromatic carboxylic acids is 1. The van der Waals surface area contributed by atoms with Crippen molar-refractivity contribution in [2.45, 2.75) is 10.6 Å². The van der Waals surface area contributed by atoms with Crippen LogP contribution < -0.4 is 0 Å². The third kappa shape index (κ3) is 3.68. The van der Waals surface area contributed by atoms with Gasteiger partial charge < -0.3 is 5.11 Å². The molecule has 0 atom stereocenters.